The van der Waals surface area contributed by atoms with E-state index in [0.29, 0.717) is 5.92 Å². The molecule has 5 rings (SSSR count). The minimum Gasteiger partial charge on any atom is -0.437 e. The van der Waals surface area contributed by atoms with E-state index in [1.807, 2.05) is 0 Å². The maximum absolute atomic E-state index is 6.41. The minimum atomic E-state index is 0.586. The molecule has 0 amide bonds. The minimum absolute atomic E-state index is 0.586. The van der Waals surface area contributed by atoms with Crippen molar-refractivity contribution in [2.24, 2.45) is 7.05 Å². The van der Waals surface area contributed by atoms with Gasteiger partial charge in [-0.1, -0.05) is 31.4 Å². The monoisotopic (exact) mass is 371 g/mol. The second kappa shape index (κ2) is 6.73. The summed E-state index contributed by atoms with van der Waals surface area (Å²) < 4.78 is 8.60. The summed E-state index contributed by atoms with van der Waals surface area (Å²) in [5.41, 5.74) is 7.73. The molecule has 3 heteroatoms. The van der Waals surface area contributed by atoms with Gasteiger partial charge in [-0.3, -0.25) is 0 Å². The zero-order chi connectivity index (χ0) is 19.3. The molecule has 0 unspecified atom stereocenters. The second-order valence-electron chi connectivity index (χ2n) is 8.36. The van der Waals surface area contributed by atoms with Crippen molar-refractivity contribution in [3.05, 3.63) is 59.4 Å². The van der Waals surface area contributed by atoms with Crippen LogP contribution in [0.1, 0.15) is 54.8 Å². The van der Waals surface area contributed by atoms with Crippen LogP contribution < -0.4 is 4.57 Å². The van der Waals surface area contributed by atoms with Crippen LogP contribution in [-0.2, 0) is 7.05 Å². The van der Waals surface area contributed by atoms with E-state index in [0.717, 1.165) is 27.6 Å². The van der Waals surface area contributed by atoms with Crippen molar-refractivity contribution in [1.29, 1.82) is 0 Å². The van der Waals surface area contributed by atoms with Crippen LogP contribution in [0.5, 0.6) is 0 Å². The fraction of sp³-hybridized carbons (Fsp3) is 0.360. The van der Waals surface area contributed by atoms with Gasteiger partial charge < -0.3 is 4.42 Å². The maximum atomic E-state index is 6.41. The maximum Gasteiger partial charge on any atom is 0.227 e. The first-order chi connectivity index (χ1) is 13.6. The zero-order valence-electron chi connectivity index (χ0n) is 17.0. The molecule has 1 aliphatic rings. The molecule has 1 aliphatic carbocycles. The fourth-order valence-corrected chi connectivity index (χ4v) is 4.78. The molecule has 142 valence electrons. The molecule has 0 saturated heterocycles. The van der Waals surface area contributed by atoms with Crippen LogP contribution in [-0.4, -0.2) is 4.98 Å². The number of nitrogens with zero attached hydrogens (tertiary/aromatic N) is 2. The van der Waals surface area contributed by atoms with Crippen molar-refractivity contribution in [2.45, 2.75) is 51.9 Å². The Bertz CT molecular complexity index is 1180. The third-order valence-corrected chi connectivity index (χ3v) is 6.30. The number of rotatable bonds is 2. The van der Waals surface area contributed by atoms with Crippen LogP contribution in [0, 0.1) is 13.8 Å². The van der Waals surface area contributed by atoms with Gasteiger partial charge in [0.2, 0.25) is 11.4 Å². The highest BCUT2D eigenvalue weighted by Crippen LogP contribution is 2.38. The molecule has 28 heavy (non-hydrogen) atoms. The van der Waals surface area contributed by atoms with Crippen LogP contribution in [0.2, 0.25) is 0 Å². The zero-order valence-corrected chi connectivity index (χ0v) is 17.0. The van der Waals surface area contributed by atoms with Gasteiger partial charge in [0, 0.05) is 34.0 Å². The van der Waals surface area contributed by atoms with Gasteiger partial charge in [-0.2, -0.15) is 0 Å². The molecular formula is C25H27N2O+. The first kappa shape index (κ1) is 17.4. The van der Waals surface area contributed by atoms with Crippen LogP contribution in [0.15, 0.2) is 47.0 Å². The number of benzene rings is 1. The molecule has 3 aromatic heterocycles. The molecule has 0 bridgehead atoms. The Kier molecular flexibility index (Phi) is 4.19. The highest BCUT2D eigenvalue weighted by molar-refractivity contribution is 6.08. The molecule has 0 aliphatic heterocycles. The number of furan rings is 1. The normalized spacial score (nSPS) is 15.5. The molecule has 1 aromatic carbocycles. The summed E-state index contributed by atoms with van der Waals surface area (Å²) >= 11 is 0. The average Bonchev–Trinajstić information content (AvgIpc) is 3.07. The van der Waals surface area contributed by atoms with E-state index in [1.54, 1.807) is 0 Å². The molecule has 3 nitrogen and oxygen atoms in total. The first-order valence-corrected chi connectivity index (χ1v) is 10.4. The molecule has 0 radical (unpaired) electrons. The SMILES string of the molecule is Cc1ccc(-c2c(C)ccc3c2oc2nc(C4CCCCC4)ccc23)[n+](C)c1. The van der Waals surface area contributed by atoms with E-state index in [-0.39, 0.29) is 0 Å². The lowest BCUT2D eigenvalue weighted by molar-refractivity contribution is -0.660. The molecule has 1 fully saturated rings. The Hall–Kier alpha value is -2.68. The number of fused-ring (bicyclic) bond motifs is 3. The number of pyridine rings is 2. The summed E-state index contributed by atoms with van der Waals surface area (Å²) in [7, 11) is 2.10. The van der Waals surface area contributed by atoms with Crippen LogP contribution in [0.3, 0.4) is 0 Å². The van der Waals surface area contributed by atoms with Gasteiger partial charge >= 0.3 is 0 Å². The van der Waals surface area contributed by atoms with Crippen LogP contribution in [0.25, 0.3) is 33.3 Å². The summed E-state index contributed by atoms with van der Waals surface area (Å²) in [6.07, 6.45) is 8.66. The highest BCUT2D eigenvalue weighted by atomic mass is 16.3. The Labute approximate surface area is 166 Å². The van der Waals surface area contributed by atoms with Gasteiger partial charge in [-0.15, -0.1) is 0 Å². The van der Waals surface area contributed by atoms with Crippen molar-refractivity contribution in [1.82, 2.24) is 4.98 Å². The summed E-state index contributed by atoms with van der Waals surface area (Å²) in [4.78, 5) is 4.96. The van der Waals surface area contributed by atoms with Crippen molar-refractivity contribution in [3.63, 3.8) is 0 Å². The van der Waals surface area contributed by atoms with E-state index in [1.165, 1.54) is 54.6 Å². The molecule has 0 spiro atoms. The lowest BCUT2D eigenvalue weighted by Gasteiger charge is -2.20. The molecule has 0 N–H and O–H groups in total. The lowest BCUT2D eigenvalue weighted by Crippen LogP contribution is -2.31. The van der Waals surface area contributed by atoms with Crippen molar-refractivity contribution in [2.75, 3.05) is 0 Å². The van der Waals surface area contributed by atoms with E-state index in [2.05, 4.69) is 68.1 Å². The Morgan fingerprint density at radius 1 is 0.929 bits per heavy atom. The van der Waals surface area contributed by atoms with Crippen molar-refractivity contribution in [3.8, 4) is 11.3 Å². The van der Waals surface area contributed by atoms with Gasteiger partial charge in [0.25, 0.3) is 0 Å². The quantitative estimate of drug-likeness (QED) is 0.396. The largest absolute Gasteiger partial charge is 0.437 e. The third-order valence-electron chi connectivity index (χ3n) is 6.30. The fourth-order valence-electron chi connectivity index (χ4n) is 4.78. The third kappa shape index (κ3) is 2.81. The van der Waals surface area contributed by atoms with Gasteiger partial charge in [0.15, 0.2) is 11.8 Å². The molecular weight excluding hydrogens is 344 g/mol. The van der Waals surface area contributed by atoms with E-state index < -0.39 is 0 Å². The summed E-state index contributed by atoms with van der Waals surface area (Å²) in [6, 6.07) is 13.2. The Morgan fingerprint density at radius 2 is 1.71 bits per heavy atom. The second-order valence-corrected chi connectivity index (χ2v) is 8.36. The standard InChI is InChI=1S/C25H27N2O/c1-16-9-14-22(27(3)15-16)23-17(2)10-11-19-20-12-13-21(18-7-5-4-6-8-18)26-25(20)28-24(19)23/h9-15,18H,4-8H2,1-3H3/q+1. The van der Waals surface area contributed by atoms with Gasteiger partial charge in [0.1, 0.15) is 7.05 Å². The summed E-state index contributed by atoms with van der Waals surface area (Å²) in [6.45, 7) is 4.28. The topological polar surface area (TPSA) is 29.9 Å². The van der Waals surface area contributed by atoms with E-state index in [9.17, 15) is 0 Å². The number of aromatic nitrogens is 2. The number of aryl methyl sites for hydroxylation is 3. The van der Waals surface area contributed by atoms with Gasteiger partial charge in [-0.05, 0) is 50.5 Å². The van der Waals surface area contributed by atoms with E-state index in [4.69, 9.17) is 9.40 Å². The van der Waals surface area contributed by atoms with Gasteiger partial charge in [0.05, 0.1) is 5.56 Å². The molecule has 4 aromatic rings. The lowest BCUT2D eigenvalue weighted by atomic mass is 9.86. The highest BCUT2D eigenvalue weighted by Gasteiger charge is 2.22. The van der Waals surface area contributed by atoms with Crippen molar-refractivity contribution < 1.29 is 8.98 Å². The van der Waals surface area contributed by atoms with Crippen molar-refractivity contribution >= 4 is 22.1 Å². The Balaban J connectivity index is 1.71. The van der Waals surface area contributed by atoms with Crippen LogP contribution in [0.4, 0.5) is 0 Å². The van der Waals surface area contributed by atoms with Gasteiger partial charge in [-0.25, -0.2) is 9.55 Å². The number of hydrogen-bond acceptors (Lipinski definition) is 2. The van der Waals surface area contributed by atoms with E-state index >= 15 is 0 Å². The molecule has 0 atom stereocenters. The predicted molar refractivity (Wildman–Crippen MR) is 113 cm³/mol. The van der Waals surface area contributed by atoms with Crippen LogP contribution >= 0.6 is 0 Å². The summed E-state index contributed by atoms with van der Waals surface area (Å²) in [5, 5.41) is 2.27. The Morgan fingerprint density at radius 3 is 2.50 bits per heavy atom. The predicted octanol–water partition coefficient (Wildman–Crippen LogP) is 6.14. The average molecular weight is 372 g/mol. The molecule has 3 heterocycles. The number of hydrogen-bond donors (Lipinski definition) is 0. The first-order valence-electron chi connectivity index (χ1n) is 10.4. The summed E-state index contributed by atoms with van der Waals surface area (Å²) in [5.74, 6) is 0.586. The smallest absolute Gasteiger partial charge is 0.227 e. The molecule has 1 saturated carbocycles.